The van der Waals surface area contributed by atoms with E-state index >= 15 is 0 Å². The smallest absolute Gasteiger partial charge is 0.220 e. The zero-order chi connectivity index (χ0) is 13.1. The third-order valence-electron chi connectivity index (χ3n) is 3.67. The second-order valence-electron chi connectivity index (χ2n) is 5.02. The van der Waals surface area contributed by atoms with E-state index in [-0.39, 0.29) is 11.8 Å². The van der Waals surface area contributed by atoms with Gasteiger partial charge in [0.25, 0.3) is 0 Å². The Hall–Kier alpha value is -1.65. The van der Waals surface area contributed by atoms with E-state index in [0.29, 0.717) is 6.04 Å². The van der Waals surface area contributed by atoms with Gasteiger partial charge in [-0.1, -0.05) is 0 Å². The highest BCUT2D eigenvalue weighted by molar-refractivity contribution is 5.76. The summed E-state index contributed by atoms with van der Waals surface area (Å²) in [5.41, 5.74) is 7.23. The molecule has 0 bridgehead atoms. The molecule has 0 aliphatic heterocycles. The molecule has 1 saturated carbocycles. The minimum absolute atomic E-state index is 0.0499. The monoisotopic (exact) mass is 248 g/mol. The van der Waals surface area contributed by atoms with Crippen LogP contribution in [0.5, 0.6) is 0 Å². The van der Waals surface area contributed by atoms with Crippen molar-refractivity contribution in [2.24, 2.45) is 11.7 Å². The molecule has 5 heteroatoms. The first kappa shape index (κ1) is 12.8. The first-order valence-corrected chi connectivity index (χ1v) is 6.42. The standard InChI is InChI=1S/C13H20N4O/c1-8-9(2)16-12(7-15-8)17-11-5-3-10(4-6-11)13(14)18/h7,10-11H,3-6H2,1-2H3,(H2,14,18)(H,16,17). The topological polar surface area (TPSA) is 80.9 Å². The average molecular weight is 248 g/mol. The fourth-order valence-corrected chi connectivity index (χ4v) is 2.34. The lowest BCUT2D eigenvalue weighted by atomic mass is 9.85. The Kier molecular flexibility index (Phi) is 3.79. The molecule has 3 N–H and O–H groups in total. The molecule has 0 atom stereocenters. The maximum Gasteiger partial charge on any atom is 0.220 e. The van der Waals surface area contributed by atoms with Gasteiger partial charge in [-0.05, 0) is 39.5 Å². The van der Waals surface area contributed by atoms with Crippen LogP contribution in [0.15, 0.2) is 6.20 Å². The molecule has 98 valence electrons. The van der Waals surface area contributed by atoms with Crippen LogP contribution < -0.4 is 11.1 Å². The van der Waals surface area contributed by atoms with Gasteiger partial charge in [0.2, 0.25) is 5.91 Å². The van der Waals surface area contributed by atoms with E-state index in [9.17, 15) is 4.79 Å². The van der Waals surface area contributed by atoms with Gasteiger partial charge in [0.05, 0.1) is 17.6 Å². The van der Waals surface area contributed by atoms with Crippen LogP contribution in [-0.4, -0.2) is 21.9 Å². The number of rotatable bonds is 3. The Labute approximate surface area is 107 Å². The molecular weight excluding hydrogens is 228 g/mol. The fraction of sp³-hybridized carbons (Fsp3) is 0.615. The lowest BCUT2D eigenvalue weighted by Gasteiger charge is -2.27. The Morgan fingerprint density at radius 3 is 2.50 bits per heavy atom. The number of hydrogen-bond acceptors (Lipinski definition) is 4. The Morgan fingerprint density at radius 1 is 1.28 bits per heavy atom. The molecule has 1 aromatic rings. The highest BCUT2D eigenvalue weighted by Crippen LogP contribution is 2.25. The summed E-state index contributed by atoms with van der Waals surface area (Å²) >= 11 is 0. The second kappa shape index (κ2) is 5.33. The van der Waals surface area contributed by atoms with Gasteiger partial charge in [0.1, 0.15) is 5.82 Å². The van der Waals surface area contributed by atoms with Crippen molar-refractivity contribution in [1.29, 1.82) is 0 Å². The summed E-state index contributed by atoms with van der Waals surface area (Å²) in [7, 11) is 0. The number of nitrogens with zero attached hydrogens (tertiary/aromatic N) is 2. The van der Waals surface area contributed by atoms with Crippen LogP contribution >= 0.6 is 0 Å². The summed E-state index contributed by atoms with van der Waals surface area (Å²) < 4.78 is 0. The Balaban J connectivity index is 1.91. The molecule has 0 spiro atoms. The lowest BCUT2D eigenvalue weighted by molar-refractivity contribution is -0.122. The molecule has 1 heterocycles. The van der Waals surface area contributed by atoms with Crippen LogP contribution in [0, 0.1) is 19.8 Å². The van der Waals surface area contributed by atoms with Crippen molar-refractivity contribution in [2.75, 3.05) is 5.32 Å². The average Bonchev–Trinajstić information content (AvgIpc) is 2.34. The summed E-state index contributed by atoms with van der Waals surface area (Å²) in [6.45, 7) is 3.90. The number of aromatic nitrogens is 2. The fourth-order valence-electron chi connectivity index (χ4n) is 2.34. The molecule has 1 aromatic heterocycles. The van der Waals surface area contributed by atoms with Crippen LogP contribution in [0.3, 0.4) is 0 Å². The summed E-state index contributed by atoms with van der Waals surface area (Å²) in [6, 6.07) is 0.372. The number of carbonyl (C=O) groups excluding carboxylic acids is 1. The molecule has 1 aliphatic rings. The van der Waals surface area contributed by atoms with Crippen LogP contribution in [0.4, 0.5) is 5.82 Å². The van der Waals surface area contributed by atoms with E-state index in [2.05, 4.69) is 15.3 Å². The summed E-state index contributed by atoms with van der Waals surface area (Å²) in [6.07, 6.45) is 5.42. The molecule has 0 radical (unpaired) electrons. The summed E-state index contributed by atoms with van der Waals surface area (Å²) in [4.78, 5) is 19.8. The highest BCUT2D eigenvalue weighted by Gasteiger charge is 2.24. The van der Waals surface area contributed by atoms with E-state index < -0.39 is 0 Å². The number of amides is 1. The number of primary amides is 1. The summed E-state index contributed by atoms with van der Waals surface area (Å²) in [5, 5.41) is 3.38. The normalized spacial score (nSPS) is 23.7. The van der Waals surface area contributed by atoms with Crippen LogP contribution in [0.25, 0.3) is 0 Å². The predicted octanol–water partition coefficient (Wildman–Crippen LogP) is 1.55. The van der Waals surface area contributed by atoms with Crippen LogP contribution in [0.1, 0.15) is 37.1 Å². The van der Waals surface area contributed by atoms with Gasteiger partial charge >= 0.3 is 0 Å². The Bertz CT molecular complexity index is 439. The number of carbonyl (C=O) groups is 1. The van der Waals surface area contributed by atoms with E-state index in [1.165, 1.54) is 0 Å². The van der Waals surface area contributed by atoms with Gasteiger partial charge in [-0.15, -0.1) is 0 Å². The second-order valence-corrected chi connectivity index (χ2v) is 5.02. The van der Waals surface area contributed by atoms with Crippen LogP contribution in [-0.2, 0) is 4.79 Å². The maximum absolute atomic E-state index is 11.1. The Morgan fingerprint density at radius 2 is 1.94 bits per heavy atom. The molecular formula is C13H20N4O. The van der Waals surface area contributed by atoms with Crippen molar-refractivity contribution >= 4 is 11.7 Å². The van der Waals surface area contributed by atoms with Crippen molar-refractivity contribution in [3.05, 3.63) is 17.6 Å². The van der Waals surface area contributed by atoms with E-state index in [1.807, 2.05) is 13.8 Å². The van der Waals surface area contributed by atoms with Crippen molar-refractivity contribution in [3.8, 4) is 0 Å². The van der Waals surface area contributed by atoms with Gasteiger partial charge in [-0.2, -0.15) is 0 Å². The minimum Gasteiger partial charge on any atom is -0.369 e. The zero-order valence-electron chi connectivity index (χ0n) is 10.9. The van der Waals surface area contributed by atoms with Gasteiger partial charge < -0.3 is 11.1 Å². The van der Waals surface area contributed by atoms with E-state index in [1.54, 1.807) is 6.20 Å². The lowest BCUT2D eigenvalue weighted by Crippen LogP contribution is -2.32. The summed E-state index contributed by atoms with van der Waals surface area (Å²) in [5.74, 6) is 0.703. The quantitative estimate of drug-likeness (QED) is 0.850. The molecule has 18 heavy (non-hydrogen) atoms. The van der Waals surface area contributed by atoms with Gasteiger partial charge in [-0.3, -0.25) is 9.78 Å². The first-order valence-electron chi connectivity index (χ1n) is 6.42. The zero-order valence-corrected chi connectivity index (χ0v) is 10.9. The molecule has 1 aliphatic carbocycles. The molecule has 1 amide bonds. The number of anilines is 1. The van der Waals surface area contributed by atoms with E-state index in [4.69, 9.17) is 5.73 Å². The minimum atomic E-state index is -0.167. The maximum atomic E-state index is 11.1. The first-order chi connectivity index (χ1) is 8.56. The molecule has 5 nitrogen and oxygen atoms in total. The van der Waals surface area contributed by atoms with Crippen LogP contribution in [0.2, 0.25) is 0 Å². The van der Waals surface area contributed by atoms with Crippen molar-refractivity contribution in [3.63, 3.8) is 0 Å². The number of nitrogens with two attached hydrogens (primary N) is 1. The molecule has 2 rings (SSSR count). The van der Waals surface area contributed by atoms with Crippen molar-refractivity contribution in [1.82, 2.24) is 9.97 Å². The number of nitrogens with one attached hydrogen (secondary N) is 1. The van der Waals surface area contributed by atoms with E-state index in [0.717, 1.165) is 42.9 Å². The molecule has 1 fully saturated rings. The largest absolute Gasteiger partial charge is 0.369 e. The number of aryl methyl sites for hydroxylation is 2. The predicted molar refractivity (Wildman–Crippen MR) is 70.1 cm³/mol. The van der Waals surface area contributed by atoms with Crippen molar-refractivity contribution < 1.29 is 4.79 Å². The van der Waals surface area contributed by atoms with Gasteiger partial charge in [-0.25, -0.2) is 4.98 Å². The molecule has 0 aromatic carbocycles. The van der Waals surface area contributed by atoms with Gasteiger partial charge in [0.15, 0.2) is 0 Å². The van der Waals surface area contributed by atoms with Gasteiger partial charge in [0, 0.05) is 12.0 Å². The molecule has 0 unspecified atom stereocenters. The molecule has 0 saturated heterocycles. The third kappa shape index (κ3) is 2.97. The third-order valence-corrected chi connectivity index (χ3v) is 3.67. The SMILES string of the molecule is Cc1ncc(NC2CCC(C(N)=O)CC2)nc1C. The highest BCUT2D eigenvalue weighted by atomic mass is 16.1. The van der Waals surface area contributed by atoms with Crippen molar-refractivity contribution in [2.45, 2.75) is 45.6 Å². The number of hydrogen-bond donors (Lipinski definition) is 2.